The molecule has 7 bridgehead atoms. The molecule has 0 aromatic carbocycles. The minimum absolute atomic E-state index is 0.137. The molecular formula is C11H15N3O6. The van der Waals surface area contributed by atoms with Crippen LogP contribution in [0.2, 0.25) is 0 Å². The number of nitrogens with zero attached hydrogens (tertiary/aromatic N) is 1. The van der Waals surface area contributed by atoms with Crippen molar-refractivity contribution in [1.29, 1.82) is 0 Å². The van der Waals surface area contributed by atoms with E-state index in [0.29, 0.717) is 0 Å². The van der Waals surface area contributed by atoms with Crippen molar-refractivity contribution < 1.29 is 29.5 Å². The van der Waals surface area contributed by atoms with Gasteiger partial charge in [-0.2, -0.15) is 0 Å². The van der Waals surface area contributed by atoms with Crippen LogP contribution in [0, 0.1) is 5.92 Å². The second-order valence-corrected chi connectivity index (χ2v) is 6.38. The molecule has 0 radical (unpaired) electrons. The number of hydrogen-bond donors (Lipinski definition) is 5. The van der Waals surface area contributed by atoms with Crippen LogP contribution in [0.4, 0.5) is 0 Å². The van der Waals surface area contributed by atoms with E-state index in [1.165, 1.54) is 6.92 Å². The standard InChI is InChI=1S/C11H15N3O6/c1-9(16)4-2-6-13-8(12)14-10(2)3(15)5(9)20-11(17,19-4)7(10)18-6/h2-7,15-17H,1H3,(H3,12,13,14). The molecule has 9 atom stereocenters. The number of guanidine groups is 1. The monoisotopic (exact) mass is 285 g/mol. The van der Waals surface area contributed by atoms with Gasteiger partial charge in [-0.15, -0.1) is 0 Å². The summed E-state index contributed by atoms with van der Waals surface area (Å²) in [5.74, 6) is -2.34. The number of nitrogens with two attached hydrogens (primary N) is 1. The third-order valence-electron chi connectivity index (χ3n) is 5.36. The summed E-state index contributed by atoms with van der Waals surface area (Å²) in [5.41, 5.74) is 3.23. The number of aliphatic hydroxyl groups is 3. The van der Waals surface area contributed by atoms with Crippen LogP contribution < -0.4 is 11.1 Å². The first kappa shape index (κ1) is 11.7. The molecule has 9 nitrogen and oxygen atoms in total. The molecule has 6 aliphatic rings. The second-order valence-electron chi connectivity index (χ2n) is 6.38. The lowest BCUT2D eigenvalue weighted by Crippen LogP contribution is -2.91. The first-order valence-electron chi connectivity index (χ1n) is 6.56. The van der Waals surface area contributed by atoms with Gasteiger partial charge in [0.25, 0.3) is 0 Å². The second kappa shape index (κ2) is 2.82. The molecule has 5 fully saturated rings. The Morgan fingerprint density at radius 1 is 1.30 bits per heavy atom. The van der Waals surface area contributed by atoms with Crippen LogP contribution in [0.15, 0.2) is 4.99 Å². The SMILES string of the molecule is CC1(O)C2OC3(O)OC1C1C4N=C(N)NC1(C2O)C3O4. The normalized spacial score (nSPS) is 68.9. The Labute approximate surface area is 113 Å². The number of aliphatic hydroxyl groups excluding tert-OH is 1. The highest BCUT2D eigenvalue weighted by Gasteiger charge is 2.86. The Kier molecular flexibility index (Phi) is 1.65. The van der Waals surface area contributed by atoms with E-state index in [4.69, 9.17) is 19.9 Å². The number of nitrogens with one attached hydrogen (secondary N) is 1. The van der Waals surface area contributed by atoms with Crippen LogP contribution >= 0.6 is 0 Å². The predicted octanol–water partition coefficient (Wildman–Crippen LogP) is -3.45. The number of hydrogen-bond acceptors (Lipinski definition) is 9. The molecule has 0 aromatic rings. The maximum absolute atomic E-state index is 10.7. The average Bonchev–Trinajstić information content (AvgIpc) is 2.51. The van der Waals surface area contributed by atoms with Gasteiger partial charge in [0.2, 0.25) is 0 Å². The van der Waals surface area contributed by atoms with Crippen molar-refractivity contribution >= 4 is 5.96 Å². The fraction of sp³-hybridized carbons (Fsp3) is 0.909. The Morgan fingerprint density at radius 2 is 2.00 bits per heavy atom. The maximum Gasteiger partial charge on any atom is 0.311 e. The Bertz CT molecular complexity index is 554. The van der Waals surface area contributed by atoms with E-state index in [1.54, 1.807) is 0 Å². The molecule has 110 valence electrons. The molecule has 1 spiro atoms. The fourth-order valence-electron chi connectivity index (χ4n) is 4.60. The van der Waals surface area contributed by atoms with Crippen molar-refractivity contribution in [1.82, 2.24) is 5.32 Å². The van der Waals surface area contributed by atoms with Gasteiger partial charge in [0.1, 0.15) is 29.5 Å². The summed E-state index contributed by atoms with van der Waals surface area (Å²) < 4.78 is 16.6. The molecule has 0 aromatic heterocycles. The molecule has 6 N–H and O–H groups in total. The van der Waals surface area contributed by atoms with Crippen molar-refractivity contribution in [3.05, 3.63) is 0 Å². The van der Waals surface area contributed by atoms with E-state index in [0.717, 1.165) is 0 Å². The lowest BCUT2D eigenvalue weighted by Gasteiger charge is -2.68. The van der Waals surface area contributed by atoms with E-state index in [9.17, 15) is 15.3 Å². The zero-order valence-corrected chi connectivity index (χ0v) is 10.6. The molecule has 9 heteroatoms. The summed E-state index contributed by atoms with van der Waals surface area (Å²) in [5, 5.41) is 34.8. The largest absolute Gasteiger partial charge is 0.388 e. The van der Waals surface area contributed by atoms with Gasteiger partial charge in [-0.05, 0) is 6.92 Å². The third-order valence-corrected chi connectivity index (χ3v) is 5.36. The lowest BCUT2D eigenvalue weighted by atomic mass is 9.57. The van der Waals surface area contributed by atoms with Gasteiger partial charge in [-0.3, -0.25) is 0 Å². The predicted molar refractivity (Wildman–Crippen MR) is 61.0 cm³/mol. The summed E-state index contributed by atoms with van der Waals surface area (Å²) in [7, 11) is 0. The molecular weight excluding hydrogens is 270 g/mol. The van der Waals surface area contributed by atoms with Crippen molar-refractivity contribution in [2.45, 2.75) is 54.7 Å². The quantitative estimate of drug-likeness (QED) is 0.310. The highest BCUT2D eigenvalue weighted by molar-refractivity contribution is 5.80. The van der Waals surface area contributed by atoms with E-state index in [-0.39, 0.29) is 5.96 Å². The number of rotatable bonds is 0. The fourth-order valence-corrected chi connectivity index (χ4v) is 4.60. The molecule has 5 heterocycles. The van der Waals surface area contributed by atoms with Crippen molar-refractivity contribution in [3.8, 4) is 0 Å². The summed E-state index contributed by atoms with van der Waals surface area (Å²) in [6, 6.07) is 0. The topological polar surface area (TPSA) is 139 Å². The van der Waals surface area contributed by atoms with Crippen molar-refractivity contribution in [2.75, 3.05) is 0 Å². The van der Waals surface area contributed by atoms with Gasteiger partial charge < -0.3 is 40.6 Å². The highest BCUT2D eigenvalue weighted by atomic mass is 16.9. The zero-order chi connectivity index (χ0) is 14.1. The smallest absolute Gasteiger partial charge is 0.311 e. The number of aliphatic imine (C=N–C) groups is 1. The Balaban J connectivity index is 1.79. The van der Waals surface area contributed by atoms with E-state index in [2.05, 4.69) is 10.3 Å². The molecule has 20 heavy (non-hydrogen) atoms. The molecule has 1 saturated carbocycles. The summed E-state index contributed by atoms with van der Waals surface area (Å²) >= 11 is 0. The first-order chi connectivity index (χ1) is 9.31. The lowest BCUT2D eigenvalue weighted by molar-refractivity contribution is -0.526. The van der Waals surface area contributed by atoms with Gasteiger partial charge in [-0.25, -0.2) is 4.99 Å². The number of ether oxygens (including phenoxy) is 3. The summed E-state index contributed by atoms with van der Waals surface area (Å²) in [6.45, 7) is 1.51. The minimum atomic E-state index is -2.02. The van der Waals surface area contributed by atoms with E-state index < -0.39 is 53.7 Å². The summed E-state index contributed by atoms with van der Waals surface area (Å²) in [4.78, 5) is 4.14. The molecule has 5 aliphatic heterocycles. The van der Waals surface area contributed by atoms with Gasteiger partial charge >= 0.3 is 5.97 Å². The van der Waals surface area contributed by atoms with Crippen LogP contribution in [-0.4, -0.2) is 69.0 Å². The molecule has 4 saturated heterocycles. The van der Waals surface area contributed by atoms with Crippen molar-refractivity contribution in [3.63, 3.8) is 0 Å². The van der Waals surface area contributed by atoms with Gasteiger partial charge in [0.15, 0.2) is 18.3 Å². The molecule has 0 amide bonds. The third kappa shape index (κ3) is 0.892. The van der Waals surface area contributed by atoms with Crippen LogP contribution in [0.1, 0.15) is 6.92 Å². The van der Waals surface area contributed by atoms with Crippen LogP contribution in [0.3, 0.4) is 0 Å². The van der Waals surface area contributed by atoms with Crippen LogP contribution in [-0.2, 0) is 14.2 Å². The Hall–Kier alpha value is -0.970. The van der Waals surface area contributed by atoms with Gasteiger partial charge in [-0.1, -0.05) is 0 Å². The average molecular weight is 285 g/mol. The van der Waals surface area contributed by atoms with Crippen LogP contribution in [0.5, 0.6) is 0 Å². The highest BCUT2D eigenvalue weighted by Crippen LogP contribution is 2.63. The van der Waals surface area contributed by atoms with E-state index >= 15 is 0 Å². The van der Waals surface area contributed by atoms with Crippen molar-refractivity contribution in [2.24, 2.45) is 16.6 Å². The first-order valence-corrected chi connectivity index (χ1v) is 6.56. The minimum Gasteiger partial charge on any atom is -0.388 e. The Morgan fingerprint density at radius 3 is 2.75 bits per heavy atom. The van der Waals surface area contributed by atoms with E-state index in [1.807, 2.05) is 0 Å². The summed E-state index contributed by atoms with van der Waals surface area (Å²) in [6.07, 6.45) is -4.54. The molecule has 1 aliphatic carbocycles. The van der Waals surface area contributed by atoms with Gasteiger partial charge in [0.05, 0.1) is 5.92 Å². The maximum atomic E-state index is 10.7. The molecule has 9 unspecified atom stereocenters. The molecule has 6 rings (SSSR count). The van der Waals surface area contributed by atoms with Gasteiger partial charge in [0, 0.05) is 0 Å². The zero-order valence-electron chi connectivity index (χ0n) is 10.6. The van der Waals surface area contributed by atoms with Crippen LogP contribution in [0.25, 0.3) is 0 Å².